The third-order valence-electron chi connectivity index (χ3n) is 5.55. The molecule has 140 valence electrons. The Morgan fingerprint density at radius 3 is 2.70 bits per heavy atom. The van der Waals surface area contributed by atoms with Gasteiger partial charge in [0.2, 0.25) is 0 Å². The summed E-state index contributed by atoms with van der Waals surface area (Å²) in [5, 5.41) is 5.61. The van der Waals surface area contributed by atoms with Gasteiger partial charge in [0.25, 0.3) is 0 Å². The predicted molar refractivity (Wildman–Crippen MR) is 115 cm³/mol. The molecule has 4 heteroatoms. The molecular weight excluding hydrogens is 354 g/mol. The lowest BCUT2D eigenvalue weighted by Crippen LogP contribution is -2.38. The number of rotatable bonds is 4. The van der Waals surface area contributed by atoms with Crippen LogP contribution >= 0.6 is 11.6 Å². The molecule has 1 N–H and O–H groups in total. The second-order valence-corrected chi connectivity index (χ2v) is 8.08. The monoisotopic (exact) mass is 379 g/mol. The molecular formula is C23H26ClN3. The van der Waals surface area contributed by atoms with E-state index in [2.05, 4.69) is 59.4 Å². The quantitative estimate of drug-likeness (QED) is 0.641. The zero-order valence-electron chi connectivity index (χ0n) is 16.0. The number of aromatic nitrogens is 1. The summed E-state index contributed by atoms with van der Waals surface area (Å²) in [5.41, 5.74) is 6.29. The molecule has 1 fully saturated rings. The molecule has 4 rings (SSSR count). The van der Waals surface area contributed by atoms with Gasteiger partial charge in [-0.3, -0.25) is 9.88 Å². The van der Waals surface area contributed by atoms with Crippen molar-refractivity contribution < 1.29 is 0 Å². The van der Waals surface area contributed by atoms with Crippen molar-refractivity contribution in [1.29, 1.82) is 0 Å². The number of likely N-dealkylation sites (tertiary alicyclic amines) is 1. The summed E-state index contributed by atoms with van der Waals surface area (Å²) in [6.07, 6.45) is 4.17. The largest absolute Gasteiger partial charge is 0.382 e. The van der Waals surface area contributed by atoms with Gasteiger partial charge >= 0.3 is 0 Å². The normalized spacial score (nSPS) is 16.0. The molecule has 0 bridgehead atoms. The van der Waals surface area contributed by atoms with Crippen LogP contribution in [0.15, 0.2) is 48.7 Å². The SMILES string of the molecule is Cc1ccc(C)c(CN2CCC(Nc3ccnc4cc(Cl)ccc34)CC2)c1. The number of nitrogens with zero attached hydrogens (tertiary/aromatic N) is 2. The second-order valence-electron chi connectivity index (χ2n) is 7.64. The molecule has 0 aliphatic carbocycles. The Morgan fingerprint density at radius 1 is 1.07 bits per heavy atom. The molecule has 0 amide bonds. The van der Waals surface area contributed by atoms with Crippen molar-refractivity contribution in [3.8, 4) is 0 Å². The first-order valence-corrected chi connectivity index (χ1v) is 10.1. The Hall–Kier alpha value is -2.10. The number of hydrogen-bond acceptors (Lipinski definition) is 3. The van der Waals surface area contributed by atoms with Crippen LogP contribution in [0.1, 0.15) is 29.5 Å². The Bertz CT molecular complexity index is 946. The number of hydrogen-bond donors (Lipinski definition) is 1. The first kappa shape index (κ1) is 18.3. The number of anilines is 1. The highest BCUT2D eigenvalue weighted by Gasteiger charge is 2.20. The summed E-state index contributed by atoms with van der Waals surface area (Å²) in [6.45, 7) is 7.69. The van der Waals surface area contributed by atoms with E-state index < -0.39 is 0 Å². The molecule has 1 aliphatic rings. The fraction of sp³-hybridized carbons (Fsp3) is 0.348. The summed E-state index contributed by atoms with van der Waals surface area (Å²) >= 11 is 6.10. The fourth-order valence-electron chi connectivity index (χ4n) is 3.91. The van der Waals surface area contributed by atoms with E-state index in [9.17, 15) is 0 Å². The van der Waals surface area contributed by atoms with Crippen molar-refractivity contribution in [3.05, 3.63) is 70.4 Å². The number of nitrogens with one attached hydrogen (secondary N) is 1. The third-order valence-corrected chi connectivity index (χ3v) is 5.79. The zero-order chi connectivity index (χ0) is 18.8. The molecule has 3 aromatic rings. The minimum atomic E-state index is 0.501. The van der Waals surface area contributed by atoms with E-state index in [0.29, 0.717) is 6.04 Å². The average molecular weight is 380 g/mol. The number of pyridine rings is 1. The first-order chi connectivity index (χ1) is 13.1. The van der Waals surface area contributed by atoms with Crippen LogP contribution in [0, 0.1) is 13.8 Å². The van der Waals surface area contributed by atoms with Crippen LogP contribution in [0.4, 0.5) is 5.69 Å². The number of fused-ring (bicyclic) bond motifs is 1. The van der Waals surface area contributed by atoms with Gasteiger partial charge in [-0.15, -0.1) is 0 Å². The van der Waals surface area contributed by atoms with E-state index in [4.69, 9.17) is 11.6 Å². The molecule has 1 aliphatic heterocycles. The fourth-order valence-corrected chi connectivity index (χ4v) is 4.08. The molecule has 0 radical (unpaired) electrons. The molecule has 3 nitrogen and oxygen atoms in total. The van der Waals surface area contributed by atoms with Gasteiger partial charge in [0.1, 0.15) is 0 Å². The molecule has 0 spiro atoms. The van der Waals surface area contributed by atoms with E-state index >= 15 is 0 Å². The number of benzene rings is 2. The highest BCUT2D eigenvalue weighted by atomic mass is 35.5. The van der Waals surface area contributed by atoms with Crippen LogP contribution < -0.4 is 5.32 Å². The number of halogens is 1. The van der Waals surface area contributed by atoms with Gasteiger partial charge < -0.3 is 5.32 Å². The molecule has 1 saturated heterocycles. The Balaban J connectivity index is 1.39. The van der Waals surface area contributed by atoms with Gasteiger partial charge in [-0.05, 0) is 62.1 Å². The van der Waals surface area contributed by atoms with Gasteiger partial charge in [0, 0.05) is 48.0 Å². The van der Waals surface area contributed by atoms with E-state index in [1.807, 2.05) is 18.3 Å². The van der Waals surface area contributed by atoms with Crippen molar-refractivity contribution in [2.24, 2.45) is 0 Å². The summed E-state index contributed by atoms with van der Waals surface area (Å²) in [7, 11) is 0. The van der Waals surface area contributed by atoms with E-state index in [1.165, 1.54) is 16.7 Å². The Kier molecular flexibility index (Phi) is 5.33. The number of aryl methyl sites for hydroxylation is 2. The smallest absolute Gasteiger partial charge is 0.0737 e. The van der Waals surface area contributed by atoms with E-state index in [-0.39, 0.29) is 0 Å². The van der Waals surface area contributed by atoms with Gasteiger partial charge in [-0.2, -0.15) is 0 Å². The van der Waals surface area contributed by atoms with Crippen LogP contribution in [0.3, 0.4) is 0 Å². The van der Waals surface area contributed by atoms with Gasteiger partial charge in [-0.25, -0.2) is 0 Å². The van der Waals surface area contributed by atoms with Gasteiger partial charge in [-0.1, -0.05) is 35.4 Å². The summed E-state index contributed by atoms with van der Waals surface area (Å²) in [6, 6.07) is 15.2. The highest BCUT2D eigenvalue weighted by Crippen LogP contribution is 2.27. The van der Waals surface area contributed by atoms with Crippen molar-refractivity contribution in [1.82, 2.24) is 9.88 Å². The maximum atomic E-state index is 6.10. The van der Waals surface area contributed by atoms with Crippen LogP contribution in [0.2, 0.25) is 5.02 Å². The zero-order valence-corrected chi connectivity index (χ0v) is 16.8. The molecule has 0 saturated carbocycles. The lowest BCUT2D eigenvalue weighted by Gasteiger charge is -2.33. The highest BCUT2D eigenvalue weighted by molar-refractivity contribution is 6.31. The van der Waals surface area contributed by atoms with E-state index in [1.54, 1.807) is 0 Å². The number of piperidine rings is 1. The summed E-state index contributed by atoms with van der Waals surface area (Å²) in [4.78, 5) is 7.01. The van der Waals surface area contributed by atoms with Crippen LogP contribution in [0.25, 0.3) is 10.9 Å². The molecule has 27 heavy (non-hydrogen) atoms. The van der Waals surface area contributed by atoms with Crippen LogP contribution in [-0.2, 0) is 6.54 Å². The minimum Gasteiger partial charge on any atom is -0.382 e. The molecule has 2 heterocycles. The van der Waals surface area contributed by atoms with Gasteiger partial charge in [0.15, 0.2) is 0 Å². The topological polar surface area (TPSA) is 28.2 Å². The third kappa shape index (κ3) is 4.26. The molecule has 0 atom stereocenters. The maximum Gasteiger partial charge on any atom is 0.0737 e. The van der Waals surface area contributed by atoms with Crippen molar-refractivity contribution in [2.75, 3.05) is 18.4 Å². The lowest BCUT2D eigenvalue weighted by atomic mass is 10.0. The van der Waals surface area contributed by atoms with Gasteiger partial charge in [0.05, 0.1) is 5.52 Å². The standard InChI is InChI=1S/C23H26ClN3/c1-16-3-4-17(2)18(13-16)15-27-11-8-20(9-12-27)26-22-7-10-25-23-14-19(24)5-6-21(22)23/h3-7,10,13-14,20H,8-9,11-12,15H2,1-2H3,(H,25,26). The summed E-state index contributed by atoms with van der Waals surface area (Å²) < 4.78 is 0. The Labute approximate surface area is 166 Å². The summed E-state index contributed by atoms with van der Waals surface area (Å²) in [5.74, 6) is 0. The van der Waals surface area contributed by atoms with Crippen LogP contribution in [-0.4, -0.2) is 29.0 Å². The molecule has 2 aromatic carbocycles. The Morgan fingerprint density at radius 2 is 1.89 bits per heavy atom. The van der Waals surface area contributed by atoms with Crippen molar-refractivity contribution in [3.63, 3.8) is 0 Å². The maximum absolute atomic E-state index is 6.10. The molecule has 1 aromatic heterocycles. The van der Waals surface area contributed by atoms with Crippen molar-refractivity contribution >= 4 is 28.2 Å². The first-order valence-electron chi connectivity index (χ1n) is 9.68. The molecule has 0 unspecified atom stereocenters. The average Bonchev–Trinajstić information content (AvgIpc) is 2.66. The minimum absolute atomic E-state index is 0.501. The van der Waals surface area contributed by atoms with Crippen LogP contribution in [0.5, 0.6) is 0 Å². The van der Waals surface area contributed by atoms with E-state index in [0.717, 1.165) is 54.1 Å². The predicted octanol–water partition coefficient (Wildman–Crippen LogP) is 5.58. The lowest BCUT2D eigenvalue weighted by molar-refractivity contribution is 0.211. The van der Waals surface area contributed by atoms with Crippen molar-refractivity contribution in [2.45, 2.75) is 39.3 Å². The second kappa shape index (κ2) is 7.87.